The number of aliphatic hydroxyl groups excluding tert-OH is 1. The summed E-state index contributed by atoms with van der Waals surface area (Å²) in [6, 6.07) is 16.3. The first-order valence-corrected chi connectivity index (χ1v) is 10.6. The summed E-state index contributed by atoms with van der Waals surface area (Å²) < 4.78 is 2.30. The van der Waals surface area contributed by atoms with Crippen LogP contribution in [-0.4, -0.2) is 38.8 Å². The maximum Gasteiger partial charge on any atom is 0.265 e. The topological polar surface area (TPSA) is 58.4 Å². The number of likely N-dealkylation sites (tertiary alicyclic amines) is 1. The number of hydrogen-bond donors (Lipinski definition) is 1. The van der Waals surface area contributed by atoms with Crippen molar-refractivity contribution in [3.8, 4) is 11.1 Å². The van der Waals surface area contributed by atoms with Crippen LogP contribution in [0, 0.1) is 0 Å². The van der Waals surface area contributed by atoms with E-state index in [0.29, 0.717) is 4.47 Å². The summed E-state index contributed by atoms with van der Waals surface area (Å²) in [5, 5.41) is 9.96. The van der Waals surface area contributed by atoms with Crippen LogP contribution in [-0.2, 0) is 13.6 Å². The highest BCUT2D eigenvalue weighted by atomic mass is 79.9. The molecule has 0 spiro atoms. The number of rotatable bonds is 5. The molecule has 5 nitrogen and oxygen atoms in total. The van der Waals surface area contributed by atoms with E-state index in [1.165, 1.54) is 5.56 Å². The molecule has 1 saturated heterocycles. The van der Waals surface area contributed by atoms with Crippen LogP contribution in [0.5, 0.6) is 0 Å². The molecule has 1 aliphatic heterocycles. The van der Waals surface area contributed by atoms with Crippen molar-refractivity contribution in [3.63, 3.8) is 0 Å². The van der Waals surface area contributed by atoms with Crippen LogP contribution in [0.1, 0.15) is 23.6 Å². The largest absolute Gasteiger partial charge is 0.395 e. The Morgan fingerprint density at radius 3 is 2.59 bits per heavy atom. The number of aliphatic hydroxyl groups is 1. The van der Waals surface area contributed by atoms with Gasteiger partial charge in [-0.2, -0.15) is 0 Å². The Bertz CT molecular complexity index is 1040. The lowest BCUT2D eigenvalue weighted by Crippen LogP contribution is -2.31. The van der Waals surface area contributed by atoms with Crippen LogP contribution >= 0.6 is 15.9 Å². The molecule has 2 aromatic heterocycles. The van der Waals surface area contributed by atoms with Crippen LogP contribution in [0.4, 0.5) is 0 Å². The number of nitrogens with zero attached hydrogens (tertiary/aromatic N) is 3. The Kier molecular flexibility index (Phi) is 5.94. The maximum absolute atomic E-state index is 12.9. The van der Waals surface area contributed by atoms with Crippen LogP contribution < -0.4 is 5.56 Å². The van der Waals surface area contributed by atoms with Gasteiger partial charge >= 0.3 is 0 Å². The van der Waals surface area contributed by atoms with Crippen LogP contribution in [0.2, 0.25) is 0 Å². The average Bonchev–Trinajstić information content (AvgIpc) is 3.16. The molecule has 0 bridgehead atoms. The fourth-order valence-corrected chi connectivity index (χ4v) is 4.83. The first-order chi connectivity index (χ1) is 14.1. The lowest BCUT2D eigenvalue weighted by Gasteiger charge is -2.22. The third kappa shape index (κ3) is 4.06. The molecular formula is C23H24BrN3O2. The molecule has 0 radical (unpaired) electrons. The van der Waals surface area contributed by atoms with Crippen molar-refractivity contribution >= 4 is 15.9 Å². The molecule has 0 amide bonds. The Morgan fingerprint density at radius 1 is 1.17 bits per heavy atom. The zero-order valence-corrected chi connectivity index (χ0v) is 17.9. The zero-order chi connectivity index (χ0) is 20.4. The maximum atomic E-state index is 12.9. The zero-order valence-electron chi connectivity index (χ0n) is 16.3. The van der Waals surface area contributed by atoms with Gasteiger partial charge < -0.3 is 9.67 Å². The normalized spacial score (nSPS) is 19.6. The van der Waals surface area contributed by atoms with E-state index < -0.39 is 0 Å². The summed E-state index contributed by atoms with van der Waals surface area (Å²) in [5.41, 5.74) is 4.03. The van der Waals surface area contributed by atoms with Gasteiger partial charge in [-0.1, -0.05) is 30.3 Å². The van der Waals surface area contributed by atoms with E-state index in [2.05, 4.69) is 44.0 Å². The summed E-state index contributed by atoms with van der Waals surface area (Å²) in [4.78, 5) is 19.3. The molecule has 6 heteroatoms. The van der Waals surface area contributed by atoms with E-state index in [4.69, 9.17) is 0 Å². The minimum Gasteiger partial charge on any atom is -0.395 e. The summed E-state index contributed by atoms with van der Waals surface area (Å²) in [7, 11) is 1.83. The average molecular weight is 454 g/mol. The smallest absolute Gasteiger partial charge is 0.265 e. The molecule has 1 fully saturated rings. The van der Waals surface area contributed by atoms with E-state index in [9.17, 15) is 9.90 Å². The highest BCUT2D eigenvalue weighted by Crippen LogP contribution is 2.35. The minimum atomic E-state index is -0.0450. The van der Waals surface area contributed by atoms with Gasteiger partial charge in [0.15, 0.2) is 0 Å². The molecule has 1 N–H and O–H groups in total. The van der Waals surface area contributed by atoms with Gasteiger partial charge in [0.25, 0.3) is 5.56 Å². The quantitative estimate of drug-likeness (QED) is 0.641. The van der Waals surface area contributed by atoms with Gasteiger partial charge in [0, 0.05) is 55.7 Å². The Labute approximate surface area is 178 Å². The van der Waals surface area contributed by atoms with Crippen molar-refractivity contribution < 1.29 is 5.11 Å². The van der Waals surface area contributed by atoms with Crippen molar-refractivity contribution in [2.24, 2.45) is 7.05 Å². The second-order valence-corrected chi connectivity index (χ2v) is 8.37. The second kappa shape index (κ2) is 8.61. The van der Waals surface area contributed by atoms with E-state index >= 15 is 0 Å². The van der Waals surface area contributed by atoms with Gasteiger partial charge in [-0.15, -0.1) is 0 Å². The van der Waals surface area contributed by atoms with E-state index in [1.807, 2.05) is 37.4 Å². The molecule has 4 rings (SSSR count). The van der Waals surface area contributed by atoms with Gasteiger partial charge in [-0.05, 0) is 51.7 Å². The summed E-state index contributed by atoms with van der Waals surface area (Å²) in [6.45, 7) is 1.72. The number of benzene rings is 1. The third-order valence-corrected chi connectivity index (χ3v) is 6.55. The molecule has 2 unspecified atom stereocenters. The molecule has 1 aliphatic rings. The summed E-state index contributed by atoms with van der Waals surface area (Å²) in [5.74, 6) is 0.183. The summed E-state index contributed by atoms with van der Waals surface area (Å²) >= 11 is 3.49. The van der Waals surface area contributed by atoms with E-state index in [0.717, 1.165) is 36.3 Å². The monoisotopic (exact) mass is 453 g/mol. The first-order valence-electron chi connectivity index (χ1n) is 9.77. The lowest BCUT2D eigenvalue weighted by atomic mass is 9.97. The molecule has 3 heterocycles. The molecule has 29 heavy (non-hydrogen) atoms. The molecule has 2 atom stereocenters. The molecule has 0 saturated carbocycles. The third-order valence-electron chi connectivity index (χ3n) is 5.79. The number of hydrogen-bond acceptors (Lipinski definition) is 4. The minimum absolute atomic E-state index is 0.0450. The highest BCUT2D eigenvalue weighted by molar-refractivity contribution is 9.10. The SMILES string of the molecule is Cn1c(C2CC(CO)N(Cc3ccccc3)C2)cc(-c2ccncc2)c(Br)c1=O. The number of halogens is 1. The fourth-order valence-electron chi connectivity index (χ4n) is 4.22. The van der Waals surface area contributed by atoms with Gasteiger partial charge in [-0.3, -0.25) is 14.7 Å². The van der Waals surface area contributed by atoms with Gasteiger partial charge in [0.2, 0.25) is 0 Å². The number of aromatic nitrogens is 2. The second-order valence-electron chi connectivity index (χ2n) is 7.58. The Morgan fingerprint density at radius 2 is 1.90 bits per heavy atom. The predicted molar refractivity (Wildman–Crippen MR) is 118 cm³/mol. The molecule has 1 aromatic carbocycles. The Hall–Kier alpha value is -2.28. The lowest BCUT2D eigenvalue weighted by molar-refractivity contribution is 0.153. The van der Waals surface area contributed by atoms with Crippen LogP contribution in [0.15, 0.2) is 70.2 Å². The van der Waals surface area contributed by atoms with Crippen molar-refractivity contribution in [1.82, 2.24) is 14.5 Å². The summed E-state index contributed by atoms with van der Waals surface area (Å²) in [6.07, 6.45) is 4.30. The van der Waals surface area contributed by atoms with E-state index in [-0.39, 0.29) is 24.1 Å². The van der Waals surface area contributed by atoms with Gasteiger partial charge in [0.05, 0.1) is 11.1 Å². The Balaban J connectivity index is 1.67. The molecular weight excluding hydrogens is 430 g/mol. The molecule has 150 valence electrons. The molecule has 3 aromatic rings. The number of pyridine rings is 2. The van der Waals surface area contributed by atoms with Crippen molar-refractivity contribution in [2.45, 2.75) is 24.9 Å². The molecule has 0 aliphatic carbocycles. The van der Waals surface area contributed by atoms with Crippen LogP contribution in [0.25, 0.3) is 11.1 Å². The van der Waals surface area contributed by atoms with Crippen molar-refractivity contribution in [3.05, 3.63) is 87.0 Å². The van der Waals surface area contributed by atoms with Gasteiger partial charge in [-0.25, -0.2) is 0 Å². The van der Waals surface area contributed by atoms with Gasteiger partial charge in [0.1, 0.15) is 0 Å². The fraction of sp³-hybridized carbons (Fsp3) is 0.304. The first kappa shape index (κ1) is 20.0. The predicted octanol–water partition coefficient (Wildman–Crippen LogP) is 3.56. The van der Waals surface area contributed by atoms with Crippen molar-refractivity contribution in [2.75, 3.05) is 13.2 Å². The van der Waals surface area contributed by atoms with Crippen molar-refractivity contribution in [1.29, 1.82) is 0 Å². The van der Waals surface area contributed by atoms with Crippen LogP contribution in [0.3, 0.4) is 0 Å². The highest BCUT2D eigenvalue weighted by Gasteiger charge is 2.34. The standard InChI is InChI=1S/C23H24BrN3O2/c1-26-21(12-20(22(24)23(26)29)17-7-9-25-10-8-17)18-11-19(15-28)27(14-18)13-16-5-3-2-4-6-16/h2-10,12,18-19,28H,11,13-15H2,1H3. The van der Waals surface area contributed by atoms with E-state index in [1.54, 1.807) is 17.0 Å².